The first kappa shape index (κ1) is 18.8. The lowest BCUT2D eigenvalue weighted by molar-refractivity contribution is 0.0529. The minimum absolute atomic E-state index is 0.411. The Kier molecular flexibility index (Phi) is 7.94. The molecule has 0 aromatic heterocycles. The number of ether oxygens (including phenoxy) is 1. The highest BCUT2D eigenvalue weighted by Gasteiger charge is 2.15. The number of hydrogen-bond donors (Lipinski definition) is 3. The molecule has 0 fully saturated rings. The van der Waals surface area contributed by atoms with Crippen LogP contribution in [0.3, 0.4) is 0 Å². The summed E-state index contributed by atoms with van der Waals surface area (Å²) in [5.74, 6) is 0.715. The van der Waals surface area contributed by atoms with Gasteiger partial charge < -0.3 is 20.7 Å². The van der Waals surface area contributed by atoms with Crippen molar-refractivity contribution in [3.8, 4) is 0 Å². The lowest BCUT2D eigenvalue weighted by Gasteiger charge is -2.19. The summed E-state index contributed by atoms with van der Waals surface area (Å²) in [6, 6.07) is 10.3. The number of nitrogens with one attached hydrogen (secondary N) is 3. The van der Waals surface area contributed by atoms with Gasteiger partial charge in [-0.1, -0.05) is 30.3 Å². The van der Waals surface area contributed by atoms with Crippen molar-refractivity contribution in [1.29, 1.82) is 0 Å². The smallest absolute Gasteiger partial charge is 0.407 e. The number of aliphatic imine (C=N–C) groups is 1. The van der Waals surface area contributed by atoms with Crippen LogP contribution in [-0.2, 0) is 11.2 Å². The summed E-state index contributed by atoms with van der Waals surface area (Å²) in [6.07, 6.45) is 0.517. The van der Waals surface area contributed by atoms with Gasteiger partial charge in [0.05, 0.1) is 0 Å². The molecule has 0 aliphatic rings. The molecule has 0 atom stereocenters. The van der Waals surface area contributed by atoms with Gasteiger partial charge in [0, 0.05) is 26.7 Å². The van der Waals surface area contributed by atoms with Crippen LogP contribution in [0.5, 0.6) is 0 Å². The van der Waals surface area contributed by atoms with Crippen molar-refractivity contribution in [2.45, 2.75) is 32.8 Å². The third-order valence-electron chi connectivity index (χ3n) is 2.86. The van der Waals surface area contributed by atoms with E-state index in [1.165, 1.54) is 5.56 Å². The topological polar surface area (TPSA) is 74.8 Å². The standard InChI is InChI=1S/C17H28N4O2/c1-17(2,3)23-16(22)21-13-12-20-15(18-4)19-11-10-14-8-6-5-7-9-14/h5-9H,10-13H2,1-4H3,(H,21,22)(H2,18,19,20). The molecule has 128 valence electrons. The average molecular weight is 320 g/mol. The SMILES string of the molecule is CN=C(NCCNC(=O)OC(C)(C)C)NCCc1ccccc1. The molecule has 0 saturated heterocycles. The second kappa shape index (κ2) is 9.71. The first-order valence-electron chi connectivity index (χ1n) is 7.86. The molecule has 1 aromatic carbocycles. The van der Waals surface area contributed by atoms with Crippen LogP contribution in [0.25, 0.3) is 0 Å². The van der Waals surface area contributed by atoms with Crippen LogP contribution < -0.4 is 16.0 Å². The van der Waals surface area contributed by atoms with Crippen molar-refractivity contribution in [3.63, 3.8) is 0 Å². The van der Waals surface area contributed by atoms with E-state index in [4.69, 9.17) is 4.74 Å². The molecular formula is C17H28N4O2. The molecule has 0 radical (unpaired) electrons. The molecule has 23 heavy (non-hydrogen) atoms. The van der Waals surface area contributed by atoms with Crippen molar-refractivity contribution in [2.24, 2.45) is 4.99 Å². The Bertz CT molecular complexity index is 495. The summed E-state index contributed by atoms with van der Waals surface area (Å²) in [4.78, 5) is 15.6. The van der Waals surface area contributed by atoms with Gasteiger partial charge in [0.2, 0.25) is 0 Å². The van der Waals surface area contributed by atoms with Gasteiger partial charge in [-0.3, -0.25) is 4.99 Å². The molecule has 0 aliphatic carbocycles. The van der Waals surface area contributed by atoms with Crippen LogP contribution in [0.4, 0.5) is 4.79 Å². The Morgan fingerprint density at radius 2 is 1.65 bits per heavy atom. The zero-order valence-electron chi connectivity index (χ0n) is 14.5. The van der Waals surface area contributed by atoms with Gasteiger partial charge in [-0.2, -0.15) is 0 Å². The lowest BCUT2D eigenvalue weighted by Crippen LogP contribution is -2.42. The Morgan fingerprint density at radius 3 is 2.26 bits per heavy atom. The third kappa shape index (κ3) is 9.39. The first-order valence-corrected chi connectivity index (χ1v) is 7.86. The van der Waals surface area contributed by atoms with E-state index in [0.717, 1.165) is 13.0 Å². The van der Waals surface area contributed by atoms with E-state index in [1.54, 1.807) is 7.05 Å². The number of amides is 1. The summed E-state index contributed by atoms with van der Waals surface area (Å²) < 4.78 is 5.16. The number of carbonyl (C=O) groups excluding carboxylic acids is 1. The fourth-order valence-electron chi connectivity index (χ4n) is 1.85. The Balaban J connectivity index is 2.16. The molecule has 0 unspecified atom stereocenters. The fraction of sp³-hybridized carbons (Fsp3) is 0.529. The maximum Gasteiger partial charge on any atom is 0.407 e. The van der Waals surface area contributed by atoms with E-state index in [9.17, 15) is 4.79 Å². The number of benzene rings is 1. The highest BCUT2D eigenvalue weighted by Crippen LogP contribution is 2.05. The maximum atomic E-state index is 11.5. The largest absolute Gasteiger partial charge is 0.444 e. The van der Waals surface area contributed by atoms with Crippen molar-refractivity contribution < 1.29 is 9.53 Å². The highest BCUT2D eigenvalue weighted by atomic mass is 16.6. The van der Waals surface area contributed by atoms with Gasteiger partial charge in [0.1, 0.15) is 5.60 Å². The molecule has 3 N–H and O–H groups in total. The number of alkyl carbamates (subject to hydrolysis) is 1. The van der Waals surface area contributed by atoms with E-state index >= 15 is 0 Å². The Hall–Kier alpha value is -2.24. The van der Waals surface area contributed by atoms with Gasteiger partial charge >= 0.3 is 6.09 Å². The maximum absolute atomic E-state index is 11.5. The number of rotatable bonds is 6. The van der Waals surface area contributed by atoms with Gasteiger partial charge in [0.15, 0.2) is 5.96 Å². The molecular weight excluding hydrogens is 292 g/mol. The van der Waals surface area contributed by atoms with Gasteiger partial charge in [-0.05, 0) is 32.8 Å². The predicted octanol–water partition coefficient (Wildman–Crippen LogP) is 1.92. The van der Waals surface area contributed by atoms with Crippen molar-refractivity contribution in [3.05, 3.63) is 35.9 Å². The molecule has 6 nitrogen and oxygen atoms in total. The number of carbonyl (C=O) groups is 1. The van der Waals surface area contributed by atoms with Crippen LogP contribution in [0.15, 0.2) is 35.3 Å². The van der Waals surface area contributed by atoms with Crippen molar-refractivity contribution in [2.75, 3.05) is 26.7 Å². The minimum Gasteiger partial charge on any atom is -0.444 e. The van der Waals surface area contributed by atoms with Crippen LogP contribution in [0.2, 0.25) is 0 Å². The highest BCUT2D eigenvalue weighted by molar-refractivity contribution is 5.79. The molecule has 0 saturated carbocycles. The van der Waals surface area contributed by atoms with Crippen LogP contribution in [0, 0.1) is 0 Å². The number of hydrogen-bond acceptors (Lipinski definition) is 3. The van der Waals surface area contributed by atoms with Crippen LogP contribution in [0.1, 0.15) is 26.3 Å². The van der Waals surface area contributed by atoms with E-state index in [2.05, 4.69) is 33.1 Å². The van der Waals surface area contributed by atoms with Gasteiger partial charge in [0.25, 0.3) is 0 Å². The summed E-state index contributed by atoms with van der Waals surface area (Å²) in [7, 11) is 1.72. The lowest BCUT2D eigenvalue weighted by atomic mass is 10.1. The predicted molar refractivity (Wildman–Crippen MR) is 93.7 cm³/mol. The Morgan fingerprint density at radius 1 is 1.04 bits per heavy atom. The van der Waals surface area contributed by atoms with Crippen LogP contribution in [-0.4, -0.2) is 44.3 Å². The van der Waals surface area contributed by atoms with E-state index in [1.807, 2.05) is 39.0 Å². The molecule has 1 aromatic rings. The zero-order chi connectivity index (χ0) is 17.1. The summed E-state index contributed by atoms with van der Waals surface area (Å²) >= 11 is 0. The monoisotopic (exact) mass is 320 g/mol. The minimum atomic E-state index is -0.480. The molecule has 0 heterocycles. The first-order chi connectivity index (χ1) is 10.9. The normalized spacial score (nSPS) is 11.7. The Labute approximate surface area is 138 Å². The molecule has 1 rings (SSSR count). The number of guanidine groups is 1. The van der Waals surface area contributed by atoms with E-state index in [0.29, 0.717) is 19.0 Å². The molecule has 1 amide bonds. The second-order valence-corrected chi connectivity index (χ2v) is 6.09. The van der Waals surface area contributed by atoms with Gasteiger partial charge in [-0.15, -0.1) is 0 Å². The quantitative estimate of drug-likeness (QED) is 0.425. The summed E-state index contributed by atoms with van der Waals surface area (Å²) in [5, 5.41) is 9.08. The average Bonchev–Trinajstić information content (AvgIpc) is 2.49. The molecule has 6 heteroatoms. The summed E-state index contributed by atoms with van der Waals surface area (Å²) in [5.41, 5.74) is 0.800. The second-order valence-electron chi connectivity index (χ2n) is 6.09. The van der Waals surface area contributed by atoms with E-state index < -0.39 is 11.7 Å². The third-order valence-corrected chi connectivity index (χ3v) is 2.86. The molecule has 0 aliphatic heterocycles. The molecule has 0 bridgehead atoms. The zero-order valence-corrected chi connectivity index (χ0v) is 14.5. The van der Waals surface area contributed by atoms with E-state index in [-0.39, 0.29) is 0 Å². The molecule has 0 spiro atoms. The van der Waals surface area contributed by atoms with Crippen molar-refractivity contribution >= 4 is 12.1 Å². The summed E-state index contributed by atoms with van der Waals surface area (Å²) in [6.45, 7) is 7.34. The van der Waals surface area contributed by atoms with Gasteiger partial charge in [-0.25, -0.2) is 4.79 Å². The van der Waals surface area contributed by atoms with Crippen molar-refractivity contribution in [1.82, 2.24) is 16.0 Å². The number of nitrogens with zero attached hydrogens (tertiary/aromatic N) is 1. The van der Waals surface area contributed by atoms with Crippen LogP contribution >= 0.6 is 0 Å². The fourth-order valence-corrected chi connectivity index (χ4v) is 1.85.